The highest BCUT2D eigenvalue weighted by atomic mass is 16.5. The van der Waals surface area contributed by atoms with E-state index in [4.69, 9.17) is 9.47 Å². The van der Waals surface area contributed by atoms with Crippen molar-refractivity contribution in [3.05, 3.63) is 96.7 Å². The molecule has 1 heterocycles. The quantitative estimate of drug-likeness (QED) is 0.386. The summed E-state index contributed by atoms with van der Waals surface area (Å²) in [5.41, 5.74) is 1.27. The average molecular weight is 374 g/mol. The van der Waals surface area contributed by atoms with Crippen LogP contribution in [-0.4, -0.2) is 16.9 Å². The Labute approximate surface area is 162 Å². The highest BCUT2D eigenvalue weighted by Gasteiger charge is 2.09. The number of hydrogen-bond acceptors (Lipinski definition) is 5. The molecule has 140 valence electrons. The number of pyridine rings is 1. The predicted octanol–water partition coefficient (Wildman–Crippen LogP) is 3.90. The lowest BCUT2D eigenvalue weighted by molar-refractivity contribution is -0.116. The van der Waals surface area contributed by atoms with Gasteiger partial charge < -0.3 is 14.8 Å². The van der Waals surface area contributed by atoms with Crippen molar-refractivity contribution in [1.29, 1.82) is 0 Å². The van der Waals surface area contributed by atoms with E-state index in [1.54, 1.807) is 66.9 Å². The molecule has 0 atom stereocenters. The number of esters is 1. The lowest BCUT2D eigenvalue weighted by Gasteiger charge is -2.08. The van der Waals surface area contributed by atoms with Crippen LogP contribution in [0.4, 0.5) is 0 Å². The molecule has 28 heavy (non-hydrogen) atoms. The van der Waals surface area contributed by atoms with Gasteiger partial charge in [-0.3, -0.25) is 4.79 Å². The highest BCUT2D eigenvalue weighted by molar-refractivity contribution is 5.91. The normalized spacial score (nSPS) is 10.0. The van der Waals surface area contributed by atoms with Crippen molar-refractivity contribution in [2.45, 2.75) is 6.54 Å². The van der Waals surface area contributed by atoms with E-state index in [1.807, 2.05) is 6.07 Å². The van der Waals surface area contributed by atoms with E-state index in [0.717, 1.165) is 5.56 Å². The van der Waals surface area contributed by atoms with Crippen LogP contribution in [0.5, 0.6) is 17.4 Å². The molecule has 3 rings (SSSR count). The van der Waals surface area contributed by atoms with Gasteiger partial charge in [-0.05, 0) is 54.1 Å². The van der Waals surface area contributed by atoms with Gasteiger partial charge in [-0.1, -0.05) is 24.8 Å². The minimum Gasteiger partial charge on any atom is -0.439 e. The van der Waals surface area contributed by atoms with E-state index in [9.17, 15) is 9.59 Å². The molecule has 0 bridgehead atoms. The van der Waals surface area contributed by atoms with E-state index in [0.29, 0.717) is 29.5 Å². The Morgan fingerprint density at radius 1 is 0.964 bits per heavy atom. The first-order valence-corrected chi connectivity index (χ1v) is 8.54. The van der Waals surface area contributed by atoms with E-state index < -0.39 is 5.97 Å². The fourth-order valence-electron chi connectivity index (χ4n) is 2.29. The third-order valence-corrected chi connectivity index (χ3v) is 3.74. The number of carbonyl (C=O) groups is 2. The lowest BCUT2D eigenvalue weighted by atomic mass is 10.1. The van der Waals surface area contributed by atoms with E-state index in [1.165, 1.54) is 6.08 Å². The minimum atomic E-state index is -0.472. The molecule has 0 saturated heterocycles. The average Bonchev–Trinajstić information content (AvgIpc) is 2.74. The number of carbonyl (C=O) groups excluding carboxylic acids is 2. The largest absolute Gasteiger partial charge is 0.439 e. The van der Waals surface area contributed by atoms with Gasteiger partial charge in [0.1, 0.15) is 11.5 Å². The zero-order valence-electron chi connectivity index (χ0n) is 15.0. The Morgan fingerprint density at radius 2 is 1.68 bits per heavy atom. The molecule has 1 aromatic heterocycles. The van der Waals surface area contributed by atoms with Crippen molar-refractivity contribution in [2.75, 3.05) is 0 Å². The van der Waals surface area contributed by atoms with Crippen LogP contribution in [-0.2, 0) is 11.3 Å². The van der Waals surface area contributed by atoms with Crippen molar-refractivity contribution >= 4 is 11.9 Å². The molecule has 3 aromatic rings. The van der Waals surface area contributed by atoms with Crippen molar-refractivity contribution in [1.82, 2.24) is 10.3 Å². The van der Waals surface area contributed by atoms with Gasteiger partial charge in [-0.2, -0.15) is 0 Å². The molecule has 0 fully saturated rings. The summed E-state index contributed by atoms with van der Waals surface area (Å²) in [5, 5.41) is 2.67. The van der Waals surface area contributed by atoms with Crippen molar-refractivity contribution in [2.24, 2.45) is 0 Å². The first kappa shape index (κ1) is 18.8. The maximum Gasteiger partial charge on any atom is 0.343 e. The van der Waals surface area contributed by atoms with Gasteiger partial charge in [-0.25, -0.2) is 9.78 Å². The molecule has 0 aliphatic carbocycles. The monoisotopic (exact) mass is 374 g/mol. The third kappa shape index (κ3) is 5.28. The van der Waals surface area contributed by atoms with Gasteiger partial charge in [0, 0.05) is 18.8 Å². The van der Waals surface area contributed by atoms with Crippen LogP contribution >= 0.6 is 0 Å². The molecule has 6 nitrogen and oxygen atoms in total. The van der Waals surface area contributed by atoms with Gasteiger partial charge in [0.05, 0.1) is 5.56 Å². The van der Waals surface area contributed by atoms with E-state index in [2.05, 4.69) is 16.9 Å². The molecule has 0 unspecified atom stereocenters. The number of hydrogen-bond donors (Lipinski definition) is 1. The zero-order valence-corrected chi connectivity index (χ0v) is 15.0. The number of nitrogens with zero attached hydrogens (tertiary/aromatic N) is 1. The topological polar surface area (TPSA) is 77.5 Å². The van der Waals surface area contributed by atoms with Gasteiger partial charge in [0.25, 0.3) is 0 Å². The first-order valence-electron chi connectivity index (χ1n) is 8.54. The standard InChI is InChI=1S/C22H18N2O4/c1-2-20(25)24-15-16-6-8-17(9-7-16)22(26)28-19-12-10-18(11-13-19)27-21-5-3-4-14-23-21/h2-14H,1,15H2,(H,24,25). The molecule has 1 amide bonds. The van der Waals surface area contributed by atoms with Crippen LogP contribution in [0.1, 0.15) is 15.9 Å². The summed E-state index contributed by atoms with van der Waals surface area (Å²) in [6.45, 7) is 3.75. The SMILES string of the molecule is C=CC(=O)NCc1ccc(C(=O)Oc2ccc(Oc3ccccn3)cc2)cc1. The van der Waals surface area contributed by atoms with Crippen LogP contribution < -0.4 is 14.8 Å². The number of amides is 1. The van der Waals surface area contributed by atoms with Gasteiger partial charge >= 0.3 is 5.97 Å². The van der Waals surface area contributed by atoms with Gasteiger partial charge in [-0.15, -0.1) is 0 Å². The number of aromatic nitrogens is 1. The maximum atomic E-state index is 12.3. The number of nitrogens with one attached hydrogen (secondary N) is 1. The molecule has 0 radical (unpaired) electrons. The first-order chi connectivity index (χ1) is 13.6. The Balaban J connectivity index is 1.56. The van der Waals surface area contributed by atoms with Crippen LogP contribution in [0, 0.1) is 0 Å². The summed E-state index contributed by atoms with van der Waals surface area (Å²) >= 11 is 0. The Kier molecular flexibility index (Phi) is 6.15. The van der Waals surface area contributed by atoms with Crippen LogP contribution in [0.2, 0.25) is 0 Å². The molecule has 0 aliphatic rings. The number of rotatable bonds is 7. The highest BCUT2D eigenvalue weighted by Crippen LogP contribution is 2.22. The summed E-state index contributed by atoms with van der Waals surface area (Å²) in [6.07, 6.45) is 2.85. The second-order valence-electron chi connectivity index (χ2n) is 5.75. The second kappa shape index (κ2) is 9.14. The Bertz CT molecular complexity index is 952. The fraction of sp³-hybridized carbons (Fsp3) is 0.0455. The summed E-state index contributed by atoms with van der Waals surface area (Å²) in [4.78, 5) is 27.5. The number of benzene rings is 2. The molecular weight excluding hydrogens is 356 g/mol. The van der Waals surface area contributed by atoms with Crippen molar-refractivity contribution in [3.63, 3.8) is 0 Å². The summed E-state index contributed by atoms with van der Waals surface area (Å²) in [5.74, 6) is 0.751. The number of ether oxygens (including phenoxy) is 2. The van der Waals surface area contributed by atoms with Crippen molar-refractivity contribution < 1.29 is 19.1 Å². The molecule has 2 aromatic carbocycles. The van der Waals surface area contributed by atoms with Crippen LogP contribution in [0.3, 0.4) is 0 Å². The molecule has 0 saturated carbocycles. The maximum absolute atomic E-state index is 12.3. The molecule has 1 N–H and O–H groups in total. The third-order valence-electron chi connectivity index (χ3n) is 3.74. The minimum absolute atomic E-state index is 0.251. The molecule has 6 heteroatoms. The summed E-state index contributed by atoms with van der Waals surface area (Å²) < 4.78 is 11.0. The molecular formula is C22H18N2O4. The fourth-order valence-corrected chi connectivity index (χ4v) is 2.29. The molecule has 0 aliphatic heterocycles. The second-order valence-corrected chi connectivity index (χ2v) is 5.75. The lowest BCUT2D eigenvalue weighted by Crippen LogP contribution is -2.20. The van der Waals surface area contributed by atoms with Crippen LogP contribution in [0.15, 0.2) is 85.6 Å². The van der Waals surface area contributed by atoms with E-state index >= 15 is 0 Å². The zero-order chi connectivity index (χ0) is 19.8. The summed E-state index contributed by atoms with van der Waals surface area (Å²) in [6, 6.07) is 18.9. The van der Waals surface area contributed by atoms with Crippen LogP contribution in [0.25, 0.3) is 0 Å². The van der Waals surface area contributed by atoms with E-state index in [-0.39, 0.29) is 5.91 Å². The smallest absolute Gasteiger partial charge is 0.343 e. The Hall–Kier alpha value is -3.93. The van der Waals surface area contributed by atoms with Crippen molar-refractivity contribution in [3.8, 4) is 17.4 Å². The molecule has 0 spiro atoms. The van der Waals surface area contributed by atoms with Gasteiger partial charge in [0.2, 0.25) is 11.8 Å². The predicted molar refractivity (Wildman–Crippen MR) is 104 cm³/mol. The summed E-state index contributed by atoms with van der Waals surface area (Å²) in [7, 11) is 0. The van der Waals surface area contributed by atoms with Gasteiger partial charge in [0.15, 0.2) is 0 Å². The Morgan fingerprint density at radius 3 is 2.32 bits per heavy atom.